The van der Waals surface area contributed by atoms with Gasteiger partial charge in [-0.25, -0.2) is 4.98 Å². The Balaban J connectivity index is 2.40. The Bertz CT molecular complexity index is 697. The molecular weight excluding hydrogens is 240 g/mol. The minimum Gasteiger partial charge on any atom is -0.372 e. The molecule has 0 aliphatic carbocycles. The van der Waals surface area contributed by atoms with Crippen molar-refractivity contribution in [1.29, 1.82) is 5.26 Å². The summed E-state index contributed by atoms with van der Waals surface area (Å²) >= 11 is 0. The molecule has 0 spiro atoms. The van der Waals surface area contributed by atoms with Gasteiger partial charge in [-0.1, -0.05) is 29.8 Å². The molecule has 5 heteroatoms. The minimum atomic E-state index is -0.412. The number of nitrogens with zero attached hydrogens (tertiary/aromatic N) is 2. The van der Waals surface area contributed by atoms with Gasteiger partial charge in [0.15, 0.2) is 11.4 Å². The van der Waals surface area contributed by atoms with Gasteiger partial charge in [-0.2, -0.15) is 5.26 Å². The van der Waals surface area contributed by atoms with E-state index in [1.54, 1.807) is 7.05 Å². The lowest BCUT2D eigenvalue weighted by molar-refractivity contribution is 0.941. The molecule has 0 aliphatic heterocycles. The van der Waals surface area contributed by atoms with Crippen LogP contribution >= 0.6 is 0 Å². The second-order valence-corrected chi connectivity index (χ2v) is 4.26. The van der Waals surface area contributed by atoms with Crippen LogP contribution in [0.4, 0.5) is 5.82 Å². The van der Waals surface area contributed by atoms with Gasteiger partial charge in [-0.3, -0.25) is 4.79 Å². The van der Waals surface area contributed by atoms with Crippen LogP contribution in [0.25, 0.3) is 0 Å². The molecule has 0 unspecified atom stereocenters. The summed E-state index contributed by atoms with van der Waals surface area (Å²) < 4.78 is 0. The van der Waals surface area contributed by atoms with Crippen LogP contribution in [-0.4, -0.2) is 17.0 Å². The summed E-state index contributed by atoms with van der Waals surface area (Å²) in [6.45, 7) is 2.01. The first-order valence-corrected chi connectivity index (χ1v) is 5.90. The normalized spacial score (nSPS) is 9.95. The number of aryl methyl sites for hydroxylation is 1. The fraction of sp³-hybridized carbons (Fsp3) is 0.214. The Hall–Kier alpha value is -2.61. The van der Waals surface area contributed by atoms with Gasteiger partial charge in [0.25, 0.3) is 5.56 Å². The Labute approximate surface area is 110 Å². The summed E-state index contributed by atoms with van der Waals surface area (Å²) in [5.74, 6) is 0.854. The van der Waals surface area contributed by atoms with E-state index in [9.17, 15) is 4.79 Å². The summed E-state index contributed by atoms with van der Waals surface area (Å²) in [5, 5.41) is 11.7. The van der Waals surface area contributed by atoms with Gasteiger partial charge in [-0.05, 0) is 12.5 Å². The van der Waals surface area contributed by atoms with E-state index >= 15 is 0 Å². The standard InChI is InChI=1S/C14H14N4O/c1-9-4-3-5-10(6-9)7-12-17-13(16-2)11(8-15)14(19)18-12/h3-6H,7H2,1-2H3,(H2,16,17,18,19). The first-order chi connectivity index (χ1) is 9.13. The van der Waals surface area contributed by atoms with Crippen LogP contribution in [0.1, 0.15) is 22.5 Å². The third kappa shape index (κ3) is 2.80. The highest BCUT2D eigenvalue weighted by Gasteiger charge is 2.10. The molecule has 0 fully saturated rings. The zero-order valence-corrected chi connectivity index (χ0v) is 10.8. The van der Waals surface area contributed by atoms with Crippen molar-refractivity contribution in [2.24, 2.45) is 0 Å². The fourth-order valence-corrected chi connectivity index (χ4v) is 1.90. The molecule has 5 nitrogen and oxygen atoms in total. The Morgan fingerprint density at radius 2 is 2.26 bits per heavy atom. The maximum Gasteiger partial charge on any atom is 0.271 e. The van der Waals surface area contributed by atoms with Crippen molar-refractivity contribution in [1.82, 2.24) is 9.97 Å². The summed E-state index contributed by atoms with van der Waals surface area (Å²) in [6, 6.07) is 9.84. The minimum absolute atomic E-state index is 0.00972. The van der Waals surface area contributed by atoms with Gasteiger partial charge in [0.1, 0.15) is 11.9 Å². The van der Waals surface area contributed by atoms with E-state index in [0.717, 1.165) is 11.1 Å². The highest BCUT2D eigenvalue weighted by atomic mass is 16.1. The van der Waals surface area contributed by atoms with Crippen molar-refractivity contribution in [2.45, 2.75) is 13.3 Å². The number of hydrogen-bond acceptors (Lipinski definition) is 4. The number of hydrogen-bond donors (Lipinski definition) is 2. The molecule has 0 bridgehead atoms. The first-order valence-electron chi connectivity index (χ1n) is 5.90. The SMILES string of the molecule is CNc1nc(Cc2cccc(C)c2)[nH]c(=O)c1C#N. The maximum absolute atomic E-state index is 11.7. The number of H-pyrrole nitrogens is 1. The molecule has 1 aromatic carbocycles. The van der Waals surface area contributed by atoms with E-state index in [2.05, 4.69) is 15.3 Å². The summed E-state index contributed by atoms with van der Waals surface area (Å²) in [5.41, 5.74) is 1.82. The predicted molar refractivity (Wildman–Crippen MR) is 73.1 cm³/mol. The van der Waals surface area contributed by atoms with E-state index in [-0.39, 0.29) is 5.56 Å². The number of aromatic nitrogens is 2. The zero-order chi connectivity index (χ0) is 13.8. The maximum atomic E-state index is 11.7. The van der Waals surface area contributed by atoms with Crippen LogP contribution < -0.4 is 10.9 Å². The van der Waals surface area contributed by atoms with Crippen LogP contribution in [0.5, 0.6) is 0 Å². The van der Waals surface area contributed by atoms with Crippen molar-refractivity contribution in [3.63, 3.8) is 0 Å². The van der Waals surface area contributed by atoms with Crippen LogP contribution in [0.2, 0.25) is 0 Å². The van der Waals surface area contributed by atoms with Crippen LogP contribution in [0, 0.1) is 18.3 Å². The quantitative estimate of drug-likeness (QED) is 0.871. The summed E-state index contributed by atoms with van der Waals surface area (Å²) in [6.07, 6.45) is 0.525. The van der Waals surface area contributed by atoms with E-state index in [0.29, 0.717) is 18.1 Å². The van der Waals surface area contributed by atoms with Gasteiger partial charge in [0.2, 0.25) is 0 Å². The van der Waals surface area contributed by atoms with Gasteiger partial charge in [-0.15, -0.1) is 0 Å². The van der Waals surface area contributed by atoms with Crippen LogP contribution in [0.15, 0.2) is 29.1 Å². The van der Waals surface area contributed by atoms with Crippen LogP contribution in [-0.2, 0) is 6.42 Å². The predicted octanol–water partition coefficient (Wildman–Crippen LogP) is 1.58. The fourth-order valence-electron chi connectivity index (χ4n) is 1.90. The van der Waals surface area contributed by atoms with Gasteiger partial charge >= 0.3 is 0 Å². The average molecular weight is 254 g/mol. The van der Waals surface area contributed by atoms with E-state index in [1.165, 1.54) is 0 Å². The summed E-state index contributed by atoms with van der Waals surface area (Å²) in [7, 11) is 1.64. The number of anilines is 1. The molecule has 0 aliphatic rings. The topological polar surface area (TPSA) is 81.6 Å². The molecule has 0 atom stereocenters. The highest BCUT2D eigenvalue weighted by molar-refractivity contribution is 5.50. The third-order valence-electron chi connectivity index (χ3n) is 2.77. The van der Waals surface area contributed by atoms with E-state index in [4.69, 9.17) is 5.26 Å². The lowest BCUT2D eigenvalue weighted by atomic mass is 10.1. The zero-order valence-electron chi connectivity index (χ0n) is 10.8. The smallest absolute Gasteiger partial charge is 0.271 e. The average Bonchev–Trinajstić information content (AvgIpc) is 2.38. The second-order valence-electron chi connectivity index (χ2n) is 4.26. The van der Waals surface area contributed by atoms with Crippen molar-refractivity contribution < 1.29 is 0 Å². The van der Waals surface area contributed by atoms with Gasteiger partial charge in [0.05, 0.1) is 0 Å². The van der Waals surface area contributed by atoms with Crippen LogP contribution in [0.3, 0.4) is 0 Å². The molecule has 2 N–H and O–H groups in total. The van der Waals surface area contributed by atoms with Gasteiger partial charge in [0, 0.05) is 13.5 Å². The molecule has 0 radical (unpaired) electrons. The van der Waals surface area contributed by atoms with Crippen molar-refractivity contribution in [3.05, 3.63) is 57.1 Å². The van der Waals surface area contributed by atoms with E-state index in [1.807, 2.05) is 37.3 Å². The molecule has 0 amide bonds. The Morgan fingerprint density at radius 3 is 2.89 bits per heavy atom. The molecule has 96 valence electrons. The van der Waals surface area contributed by atoms with Gasteiger partial charge < -0.3 is 10.3 Å². The Morgan fingerprint density at radius 1 is 1.47 bits per heavy atom. The van der Waals surface area contributed by atoms with E-state index < -0.39 is 5.56 Å². The first kappa shape index (κ1) is 12.8. The second kappa shape index (κ2) is 5.36. The molecule has 0 saturated heterocycles. The number of nitrogens with one attached hydrogen (secondary N) is 2. The third-order valence-corrected chi connectivity index (χ3v) is 2.77. The number of nitriles is 1. The summed E-state index contributed by atoms with van der Waals surface area (Å²) in [4.78, 5) is 18.6. The molecule has 1 heterocycles. The largest absolute Gasteiger partial charge is 0.372 e. The number of aromatic amines is 1. The highest BCUT2D eigenvalue weighted by Crippen LogP contribution is 2.10. The lowest BCUT2D eigenvalue weighted by Gasteiger charge is -2.06. The molecule has 19 heavy (non-hydrogen) atoms. The monoisotopic (exact) mass is 254 g/mol. The number of benzene rings is 1. The van der Waals surface area contributed by atoms with Crippen molar-refractivity contribution in [3.8, 4) is 6.07 Å². The molecule has 1 aromatic heterocycles. The molecule has 2 rings (SSSR count). The van der Waals surface area contributed by atoms with Crippen molar-refractivity contribution in [2.75, 3.05) is 12.4 Å². The number of rotatable bonds is 3. The molecule has 2 aromatic rings. The molecule has 0 saturated carbocycles. The van der Waals surface area contributed by atoms with Crippen molar-refractivity contribution >= 4 is 5.82 Å². The lowest BCUT2D eigenvalue weighted by Crippen LogP contribution is -2.18. The Kier molecular flexibility index (Phi) is 3.62. The molecular formula is C14H14N4O.